The van der Waals surface area contributed by atoms with Gasteiger partial charge in [-0.3, -0.25) is 14.0 Å². The van der Waals surface area contributed by atoms with E-state index in [9.17, 15) is 14.4 Å². The average molecular weight is 380 g/mol. The van der Waals surface area contributed by atoms with Gasteiger partial charge < -0.3 is 15.4 Å². The lowest BCUT2D eigenvalue weighted by Gasteiger charge is -2.08. The van der Waals surface area contributed by atoms with Crippen molar-refractivity contribution in [2.75, 3.05) is 12.4 Å². The van der Waals surface area contributed by atoms with E-state index in [4.69, 9.17) is 4.74 Å². The van der Waals surface area contributed by atoms with E-state index in [1.54, 1.807) is 53.1 Å². The molecular formula is C20H20N4O4. The van der Waals surface area contributed by atoms with Crippen molar-refractivity contribution in [3.8, 4) is 0 Å². The van der Waals surface area contributed by atoms with Gasteiger partial charge in [-0.15, -0.1) is 0 Å². The van der Waals surface area contributed by atoms with Crippen LogP contribution in [0.2, 0.25) is 0 Å². The molecule has 1 aromatic carbocycles. The fourth-order valence-electron chi connectivity index (χ4n) is 2.75. The Morgan fingerprint density at radius 3 is 2.46 bits per heavy atom. The Bertz CT molecular complexity index is 1060. The molecular weight excluding hydrogens is 360 g/mol. The predicted octanol–water partition coefficient (Wildman–Crippen LogP) is 2.51. The Labute approximate surface area is 161 Å². The second-order valence-corrected chi connectivity index (χ2v) is 6.36. The summed E-state index contributed by atoms with van der Waals surface area (Å²) < 4.78 is 6.30. The number of carbonyl (C=O) groups excluding carboxylic acids is 3. The summed E-state index contributed by atoms with van der Waals surface area (Å²) in [6.07, 6.45) is 1.66. The highest BCUT2D eigenvalue weighted by Gasteiger charge is 2.23. The predicted molar refractivity (Wildman–Crippen MR) is 104 cm³/mol. The zero-order valence-electron chi connectivity index (χ0n) is 15.7. The van der Waals surface area contributed by atoms with Crippen LogP contribution in [0.4, 0.5) is 5.69 Å². The lowest BCUT2D eigenvalue weighted by molar-refractivity contribution is 0.0601. The smallest absolute Gasteiger partial charge is 0.339 e. The van der Waals surface area contributed by atoms with Gasteiger partial charge in [-0.2, -0.15) is 0 Å². The minimum atomic E-state index is -0.567. The summed E-state index contributed by atoms with van der Waals surface area (Å²) in [6.45, 7) is 3.68. The maximum atomic E-state index is 12.9. The lowest BCUT2D eigenvalue weighted by Crippen LogP contribution is -2.31. The molecule has 8 nitrogen and oxygen atoms in total. The number of rotatable bonds is 5. The van der Waals surface area contributed by atoms with Crippen LogP contribution in [-0.4, -0.2) is 40.3 Å². The summed E-state index contributed by atoms with van der Waals surface area (Å²) in [6, 6.07) is 11.6. The molecule has 0 bridgehead atoms. The first-order valence-electron chi connectivity index (χ1n) is 8.69. The normalized spacial score (nSPS) is 10.7. The molecule has 3 aromatic rings. The van der Waals surface area contributed by atoms with E-state index >= 15 is 0 Å². The molecule has 28 heavy (non-hydrogen) atoms. The number of nitrogens with zero attached hydrogens (tertiary/aromatic N) is 2. The molecule has 0 atom stereocenters. The fraction of sp³-hybridized carbons (Fsp3) is 0.200. The van der Waals surface area contributed by atoms with Crippen molar-refractivity contribution in [2.45, 2.75) is 19.9 Å². The number of nitrogens with one attached hydrogen (secondary N) is 2. The zero-order chi connectivity index (χ0) is 20.3. The summed E-state index contributed by atoms with van der Waals surface area (Å²) in [4.78, 5) is 41.5. The van der Waals surface area contributed by atoms with Crippen LogP contribution in [0, 0.1) is 0 Å². The van der Waals surface area contributed by atoms with E-state index in [1.807, 2.05) is 13.8 Å². The van der Waals surface area contributed by atoms with Crippen molar-refractivity contribution in [1.82, 2.24) is 14.7 Å². The van der Waals surface area contributed by atoms with Crippen molar-refractivity contribution >= 4 is 29.0 Å². The van der Waals surface area contributed by atoms with Gasteiger partial charge in [0, 0.05) is 12.2 Å². The quantitative estimate of drug-likeness (QED) is 0.662. The number of imidazole rings is 1. The topological polar surface area (TPSA) is 102 Å². The number of methoxy groups -OCH3 is 1. The largest absolute Gasteiger partial charge is 0.465 e. The van der Waals surface area contributed by atoms with Crippen LogP contribution >= 0.6 is 0 Å². The van der Waals surface area contributed by atoms with Gasteiger partial charge in [-0.25, -0.2) is 9.78 Å². The first-order chi connectivity index (χ1) is 13.4. The van der Waals surface area contributed by atoms with E-state index < -0.39 is 11.9 Å². The monoisotopic (exact) mass is 380 g/mol. The van der Waals surface area contributed by atoms with Crippen molar-refractivity contribution in [3.05, 3.63) is 65.7 Å². The highest BCUT2D eigenvalue weighted by atomic mass is 16.5. The third-order valence-electron chi connectivity index (χ3n) is 3.97. The van der Waals surface area contributed by atoms with Crippen molar-refractivity contribution in [1.29, 1.82) is 0 Å². The van der Waals surface area contributed by atoms with Gasteiger partial charge >= 0.3 is 5.97 Å². The van der Waals surface area contributed by atoms with Gasteiger partial charge in [-0.05, 0) is 38.1 Å². The highest BCUT2D eigenvalue weighted by molar-refractivity contribution is 6.11. The number of fused-ring (bicyclic) bond motifs is 1. The number of amides is 2. The number of hydrogen-bond acceptors (Lipinski definition) is 5. The minimum Gasteiger partial charge on any atom is -0.465 e. The zero-order valence-corrected chi connectivity index (χ0v) is 15.7. The van der Waals surface area contributed by atoms with Crippen LogP contribution in [0.15, 0.2) is 48.7 Å². The molecule has 2 N–H and O–H groups in total. The Kier molecular flexibility index (Phi) is 5.39. The molecule has 0 saturated heterocycles. The molecule has 2 aromatic heterocycles. The van der Waals surface area contributed by atoms with Crippen LogP contribution < -0.4 is 10.6 Å². The molecule has 0 unspecified atom stereocenters. The van der Waals surface area contributed by atoms with E-state index in [1.165, 1.54) is 7.11 Å². The van der Waals surface area contributed by atoms with Crippen molar-refractivity contribution < 1.29 is 19.1 Å². The summed E-state index contributed by atoms with van der Waals surface area (Å²) in [5.74, 6) is -1.38. The van der Waals surface area contributed by atoms with Gasteiger partial charge in [0.2, 0.25) is 5.82 Å². The van der Waals surface area contributed by atoms with E-state index in [0.29, 0.717) is 11.2 Å². The standard InChI is InChI=1S/C20H20N4O4/c1-12(2)21-19(26)17-23-16(15-10-6-7-11-24(15)17)18(25)22-14-9-5-4-8-13(14)20(27)28-3/h4-12H,1-3H3,(H,21,26)(H,22,25). The third-order valence-corrected chi connectivity index (χ3v) is 3.97. The third kappa shape index (κ3) is 3.71. The number of hydrogen-bond donors (Lipinski definition) is 2. The molecule has 144 valence electrons. The van der Waals surface area contributed by atoms with Gasteiger partial charge in [0.05, 0.1) is 23.9 Å². The summed E-state index contributed by atoms with van der Waals surface area (Å²) in [5, 5.41) is 5.45. The molecule has 8 heteroatoms. The number of para-hydroxylation sites is 1. The minimum absolute atomic E-state index is 0.0761. The molecule has 0 spiro atoms. The molecule has 2 amide bonds. The van der Waals surface area contributed by atoms with Crippen LogP contribution in [0.25, 0.3) is 5.52 Å². The Morgan fingerprint density at radius 1 is 1.04 bits per heavy atom. The van der Waals surface area contributed by atoms with E-state index in [-0.39, 0.29) is 29.0 Å². The molecule has 0 aliphatic carbocycles. The summed E-state index contributed by atoms with van der Waals surface area (Å²) in [7, 11) is 1.27. The van der Waals surface area contributed by atoms with Crippen LogP contribution in [-0.2, 0) is 4.74 Å². The van der Waals surface area contributed by atoms with Gasteiger partial charge in [0.15, 0.2) is 5.69 Å². The first-order valence-corrected chi connectivity index (χ1v) is 8.69. The second kappa shape index (κ2) is 7.91. The average Bonchev–Trinajstić information content (AvgIpc) is 3.07. The molecule has 3 rings (SSSR count). The first kappa shape index (κ1) is 19.1. The second-order valence-electron chi connectivity index (χ2n) is 6.36. The SMILES string of the molecule is COC(=O)c1ccccc1NC(=O)c1nc(C(=O)NC(C)C)n2ccccc12. The maximum absolute atomic E-state index is 12.9. The van der Waals surface area contributed by atoms with Crippen LogP contribution in [0.5, 0.6) is 0 Å². The van der Waals surface area contributed by atoms with Crippen LogP contribution in [0.1, 0.15) is 45.3 Å². The van der Waals surface area contributed by atoms with Gasteiger partial charge in [0.1, 0.15) is 0 Å². The molecule has 0 fully saturated rings. The summed E-state index contributed by atoms with van der Waals surface area (Å²) >= 11 is 0. The number of benzene rings is 1. The number of ether oxygens (including phenoxy) is 1. The Balaban J connectivity index is 2.00. The lowest BCUT2D eigenvalue weighted by atomic mass is 10.1. The maximum Gasteiger partial charge on any atom is 0.339 e. The number of carbonyl (C=O) groups is 3. The van der Waals surface area contributed by atoms with Crippen molar-refractivity contribution in [3.63, 3.8) is 0 Å². The van der Waals surface area contributed by atoms with E-state index in [0.717, 1.165) is 0 Å². The Morgan fingerprint density at radius 2 is 1.75 bits per heavy atom. The van der Waals surface area contributed by atoms with E-state index in [2.05, 4.69) is 15.6 Å². The van der Waals surface area contributed by atoms with Crippen molar-refractivity contribution in [2.24, 2.45) is 0 Å². The molecule has 0 radical (unpaired) electrons. The Hall–Kier alpha value is -3.68. The van der Waals surface area contributed by atoms with Crippen LogP contribution in [0.3, 0.4) is 0 Å². The number of aromatic nitrogens is 2. The number of pyridine rings is 1. The molecule has 0 saturated carbocycles. The molecule has 0 aliphatic rings. The number of esters is 1. The van der Waals surface area contributed by atoms with Gasteiger partial charge in [0.25, 0.3) is 11.8 Å². The molecule has 2 heterocycles. The highest BCUT2D eigenvalue weighted by Crippen LogP contribution is 2.19. The number of anilines is 1. The summed E-state index contributed by atoms with van der Waals surface area (Å²) in [5.41, 5.74) is 1.07. The fourth-order valence-corrected chi connectivity index (χ4v) is 2.75. The van der Waals surface area contributed by atoms with Gasteiger partial charge in [-0.1, -0.05) is 18.2 Å². The molecule has 0 aliphatic heterocycles.